The summed E-state index contributed by atoms with van der Waals surface area (Å²) in [6, 6.07) is 5.32. The zero-order valence-corrected chi connectivity index (χ0v) is 8.86. The number of methoxy groups -OCH3 is 2. The van der Waals surface area contributed by atoms with E-state index in [1.165, 1.54) is 0 Å². The van der Waals surface area contributed by atoms with Crippen LogP contribution in [0.25, 0.3) is 0 Å². The lowest BCUT2D eigenvalue weighted by molar-refractivity contribution is 0.174. The molecular formula is C12H14O3. The van der Waals surface area contributed by atoms with Crippen LogP contribution in [-0.4, -0.2) is 19.3 Å². The molecule has 0 spiro atoms. The van der Waals surface area contributed by atoms with E-state index in [9.17, 15) is 5.11 Å². The van der Waals surface area contributed by atoms with Gasteiger partial charge >= 0.3 is 0 Å². The minimum absolute atomic E-state index is 0.233. The normalized spacial score (nSPS) is 11.6. The van der Waals surface area contributed by atoms with Gasteiger partial charge in [0.15, 0.2) is 0 Å². The Morgan fingerprint density at radius 3 is 2.27 bits per heavy atom. The highest BCUT2D eigenvalue weighted by Gasteiger charge is 2.17. The van der Waals surface area contributed by atoms with Gasteiger partial charge in [-0.25, -0.2) is 0 Å². The Kier molecular flexibility index (Phi) is 4.02. The van der Waals surface area contributed by atoms with Crippen LogP contribution >= 0.6 is 0 Å². The minimum atomic E-state index is -0.763. The summed E-state index contributed by atoms with van der Waals surface area (Å²) in [7, 11) is 3.09. The highest BCUT2D eigenvalue weighted by molar-refractivity contribution is 5.46. The van der Waals surface area contributed by atoms with Crippen molar-refractivity contribution in [1.29, 1.82) is 0 Å². The first-order valence-electron chi connectivity index (χ1n) is 4.57. The van der Waals surface area contributed by atoms with Crippen molar-refractivity contribution in [3.63, 3.8) is 0 Å². The fourth-order valence-corrected chi connectivity index (χ4v) is 1.42. The zero-order valence-electron chi connectivity index (χ0n) is 8.86. The van der Waals surface area contributed by atoms with E-state index in [4.69, 9.17) is 15.9 Å². The molecule has 0 saturated carbocycles. The largest absolute Gasteiger partial charge is 0.496 e. The summed E-state index contributed by atoms with van der Waals surface area (Å²) in [5, 5.41) is 9.84. The van der Waals surface area contributed by atoms with Crippen LogP contribution in [0.15, 0.2) is 18.2 Å². The third-order valence-electron chi connectivity index (χ3n) is 2.11. The van der Waals surface area contributed by atoms with Crippen LogP contribution in [-0.2, 0) is 0 Å². The number of aliphatic hydroxyl groups is 1. The fourth-order valence-electron chi connectivity index (χ4n) is 1.42. The average molecular weight is 206 g/mol. The van der Waals surface area contributed by atoms with Gasteiger partial charge in [0.05, 0.1) is 25.9 Å². The van der Waals surface area contributed by atoms with Crippen molar-refractivity contribution in [1.82, 2.24) is 0 Å². The number of aliphatic hydroxyl groups excluding tert-OH is 1. The van der Waals surface area contributed by atoms with Gasteiger partial charge < -0.3 is 14.6 Å². The van der Waals surface area contributed by atoms with E-state index >= 15 is 0 Å². The van der Waals surface area contributed by atoms with Crippen molar-refractivity contribution in [3.8, 4) is 23.8 Å². The van der Waals surface area contributed by atoms with Crippen molar-refractivity contribution in [2.24, 2.45) is 0 Å². The summed E-state index contributed by atoms with van der Waals surface area (Å²) in [5.74, 6) is 3.57. The Hall–Kier alpha value is -1.66. The van der Waals surface area contributed by atoms with E-state index in [0.717, 1.165) is 0 Å². The molecule has 0 radical (unpaired) electrons. The molecule has 0 bridgehead atoms. The van der Waals surface area contributed by atoms with Crippen molar-refractivity contribution in [2.75, 3.05) is 14.2 Å². The van der Waals surface area contributed by atoms with Crippen LogP contribution in [0, 0.1) is 12.3 Å². The second-order valence-corrected chi connectivity index (χ2v) is 3.00. The second-order valence-electron chi connectivity index (χ2n) is 3.00. The summed E-state index contributed by atoms with van der Waals surface area (Å²) < 4.78 is 10.3. The maximum absolute atomic E-state index is 9.84. The number of benzene rings is 1. The van der Waals surface area contributed by atoms with Crippen LogP contribution in [0.4, 0.5) is 0 Å². The Balaban J connectivity index is 3.16. The highest BCUT2D eigenvalue weighted by atomic mass is 16.5. The first-order valence-corrected chi connectivity index (χ1v) is 4.57. The van der Waals surface area contributed by atoms with Crippen LogP contribution in [0.5, 0.6) is 11.5 Å². The van der Waals surface area contributed by atoms with E-state index < -0.39 is 6.10 Å². The van der Waals surface area contributed by atoms with Gasteiger partial charge in [0.25, 0.3) is 0 Å². The van der Waals surface area contributed by atoms with Gasteiger partial charge in [0.1, 0.15) is 11.5 Å². The number of hydrogen-bond donors (Lipinski definition) is 1. The SMILES string of the molecule is C#CCC(O)c1c(OC)cccc1OC. The molecule has 15 heavy (non-hydrogen) atoms. The standard InChI is InChI=1S/C12H14O3/c1-4-6-9(13)12-10(14-2)7-5-8-11(12)15-3/h1,5,7-9,13H,6H2,2-3H3. The molecule has 1 unspecified atom stereocenters. The molecule has 1 N–H and O–H groups in total. The van der Waals surface area contributed by atoms with E-state index in [2.05, 4.69) is 5.92 Å². The zero-order chi connectivity index (χ0) is 11.3. The van der Waals surface area contributed by atoms with E-state index in [1.54, 1.807) is 32.4 Å². The molecule has 0 aliphatic rings. The average Bonchev–Trinajstić information content (AvgIpc) is 2.28. The van der Waals surface area contributed by atoms with Crippen LogP contribution in [0.3, 0.4) is 0 Å². The van der Waals surface area contributed by atoms with Gasteiger partial charge in [-0.3, -0.25) is 0 Å². The Bertz CT molecular complexity index is 343. The molecule has 3 heteroatoms. The maximum atomic E-state index is 9.84. The van der Waals surface area contributed by atoms with Gasteiger partial charge in [-0.2, -0.15) is 0 Å². The summed E-state index contributed by atoms with van der Waals surface area (Å²) in [4.78, 5) is 0. The van der Waals surface area contributed by atoms with Crippen LogP contribution in [0.1, 0.15) is 18.1 Å². The van der Waals surface area contributed by atoms with E-state index in [-0.39, 0.29) is 6.42 Å². The highest BCUT2D eigenvalue weighted by Crippen LogP contribution is 2.35. The number of ether oxygens (including phenoxy) is 2. The van der Waals surface area contributed by atoms with E-state index in [1.807, 2.05) is 0 Å². The van der Waals surface area contributed by atoms with Crippen LogP contribution in [0.2, 0.25) is 0 Å². The van der Waals surface area contributed by atoms with Gasteiger partial charge in [-0.15, -0.1) is 12.3 Å². The van der Waals surface area contributed by atoms with Crippen LogP contribution < -0.4 is 9.47 Å². The summed E-state index contributed by atoms with van der Waals surface area (Å²) in [6.07, 6.45) is 4.63. The van der Waals surface area contributed by atoms with E-state index in [0.29, 0.717) is 17.1 Å². The predicted molar refractivity (Wildman–Crippen MR) is 58.0 cm³/mol. The third kappa shape index (κ3) is 2.42. The molecule has 1 rings (SSSR count). The molecule has 0 saturated heterocycles. The second kappa shape index (κ2) is 5.28. The fraction of sp³-hybridized carbons (Fsp3) is 0.333. The lowest BCUT2D eigenvalue weighted by Gasteiger charge is -2.16. The van der Waals surface area contributed by atoms with Crippen molar-refractivity contribution >= 4 is 0 Å². The number of rotatable bonds is 4. The maximum Gasteiger partial charge on any atom is 0.128 e. The Labute approximate surface area is 89.6 Å². The lowest BCUT2D eigenvalue weighted by Crippen LogP contribution is -2.02. The molecule has 0 amide bonds. The monoisotopic (exact) mass is 206 g/mol. The smallest absolute Gasteiger partial charge is 0.128 e. The Morgan fingerprint density at radius 2 is 1.87 bits per heavy atom. The molecule has 0 aliphatic carbocycles. The van der Waals surface area contributed by atoms with Gasteiger partial charge in [-0.05, 0) is 12.1 Å². The first-order chi connectivity index (χ1) is 7.24. The lowest BCUT2D eigenvalue weighted by atomic mass is 10.0. The molecule has 80 valence electrons. The van der Waals surface area contributed by atoms with Gasteiger partial charge in [-0.1, -0.05) is 6.07 Å². The molecule has 0 aromatic heterocycles. The molecule has 0 fully saturated rings. The quantitative estimate of drug-likeness (QED) is 0.763. The van der Waals surface area contributed by atoms with Crippen molar-refractivity contribution < 1.29 is 14.6 Å². The summed E-state index contributed by atoms with van der Waals surface area (Å²) >= 11 is 0. The topological polar surface area (TPSA) is 38.7 Å². The Morgan fingerprint density at radius 1 is 1.33 bits per heavy atom. The summed E-state index contributed by atoms with van der Waals surface area (Å²) in [6.45, 7) is 0. The third-order valence-corrected chi connectivity index (χ3v) is 2.11. The van der Waals surface area contributed by atoms with Crippen molar-refractivity contribution in [2.45, 2.75) is 12.5 Å². The summed E-state index contributed by atoms with van der Waals surface area (Å²) in [5.41, 5.74) is 0.598. The molecule has 0 aliphatic heterocycles. The molecule has 1 aromatic rings. The molecular weight excluding hydrogens is 192 g/mol. The minimum Gasteiger partial charge on any atom is -0.496 e. The molecule has 1 aromatic carbocycles. The van der Waals surface area contributed by atoms with Gasteiger partial charge in [0, 0.05) is 6.42 Å². The molecule has 0 heterocycles. The predicted octanol–water partition coefficient (Wildman–Crippen LogP) is 1.76. The number of terminal acetylenes is 1. The molecule has 3 nitrogen and oxygen atoms in total. The molecule has 1 atom stereocenters. The first kappa shape index (κ1) is 11.4. The van der Waals surface area contributed by atoms with Gasteiger partial charge in [0.2, 0.25) is 0 Å². The number of hydrogen-bond acceptors (Lipinski definition) is 3. The van der Waals surface area contributed by atoms with Crippen molar-refractivity contribution in [3.05, 3.63) is 23.8 Å².